The molecule has 0 bridgehead atoms. The lowest BCUT2D eigenvalue weighted by Gasteiger charge is -2.00. The van der Waals surface area contributed by atoms with Crippen LogP contribution in [0, 0.1) is 6.07 Å². The highest BCUT2D eigenvalue weighted by molar-refractivity contribution is 6.09. The number of benzene rings is 2. The fourth-order valence-electron chi connectivity index (χ4n) is 2.41. The molecule has 2 heterocycles. The molecule has 0 aliphatic rings. The quantitative estimate of drug-likeness (QED) is 0.494. The van der Waals surface area contributed by atoms with Crippen LogP contribution in [0.4, 0.5) is 0 Å². The monoisotopic (exact) mass is 244 g/mol. The van der Waals surface area contributed by atoms with E-state index in [1.807, 2.05) is 48.5 Å². The number of para-hydroxylation sites is 1. The van der Waals surface area contributed by atoms with Gasteiger partial charge in [-0.2, -0.15) is 0 Å². The van der Waals surface area contributed by atoms with Crippen molar-refractivity contribution in [3.05, 3.63) is 66.9 Å². The van der Waals surface area contributed by atoms with E-state index >= 15 is 0 Å². The summed E-state index contributed by atoms with van der Waals surface area (Å²) < 4.78 is 5.97. The zero-order valence-corrected chi connectivity index (χ0v) is 10.1. The van der Waals surface area contributed by atoms with E-state index in [0.29, 0.717) is 0 Å². The van der Waals surface area contributed by atoms with Crippen LogP contribution in [-0.4, -0.2) is 4.98 Å². The molecule has 2 nitrogen and oxygen atoms in total. The van der Waals surface area contributed by atoms with E-state index in [1.165, 1.54) is 0 Å². The summed E-state index contributed by atoms with van der Waals surface area (Å²) in [5.41, 5.74) is 3.70. The van der Waals surface area contributed by atoms with E-state index in [9.17, 15) is 0 Å². The summed E-state index contributed by atoms with van der Waals surface area (Å²) >= 11 is 0. The van der Waals surface area contributed by atoms with Gasteiger partial charge in [-0.3, -0.25) is 4.98 Å². The predicted molar refractivity (Wildman–Crippen MR) is 75.8 cm³/mol. The topological polar surface area (TPSA) is 26.0 Å². The molecule has 0 saturated heterocycles. The Morgan fingerprint density at radius 2 is 1.95 bits per heavy atom. The SMILES string of the molecule is [c]1ccc2c(c1)oc1c(-c3ccccn3)cccc12. The average Bonchev–Trinajstić information content (AvgIpc) is 2.87. The van der Waals surface area contributed by atoms with Crippen molar-refractivity contribution in [3.8, 4) is 11.3 Å². The molecule has 2 aromatic carbocycles. The molecule has 0 fully saturated rings. The van der Waals surface area contributed by atoms with Gasteiger partial charge in [-0.1, -0.05) is 24.3 Å². The molecule has 0 aliphatic heterocycles. The van der Waals surface area contributed by atoms with Crippen molar-refractivity contribution in [2.45, 2.75) is 0 Å². The smallest absolute Gasteiger partial charge is 0.144 e. The third-order valence-electron chi connectivity index (χ3n) is 3.28. The van der Waals surface area contributed by atoms with Gasteiger partial charge in [-0.05, 0) is 36.4 Å². The number of furan rings is 1. The molecule has 2 aromatic heterocycles. The Bertz CT molecular complexity index is 862. The van der Waals surface area contributed by atoms with Gasteiger partial charge in [0.2, 0.25) is 0 Å². The molecule has 0 amide bonds. The van der Waals surface area contributed by atoms with Gasteiger partial charge in [0.1, 0.15) is 11.2 Å². The maximum atomic E-state index is 5.97. The van der Waals surface area contributed by atoms with Crippen molar-refractivity contribution in [3.63, 3.8) is 0 Å². The van der Waals surface area contributed by atoms with Crippen LogP contribution in [0.25, 0.3) is 33.2 Å². The molecule has 0 atom stereocenters. The Kier molecular flexibility index (Phi) is 2.15. The highest BCUT2D eigenvalue weighted by Crippen LogP contribution is 2.34. The molecular weight excluding hydrogens is 234 g/mol. The van der Waals surface area contributed by atoms with Crippen molar-refractivity contribution >= 4 is 21.9 Å². The van der Waals surface area contributed by atoms with Crippen molar-refractivity contribution in [2.75, 3.05) is 0 Å². The minimum atomic E-state index is 0.862. The fourth-order valence-corrected chi connectivity index (χ4v) is 2.41. The van der Waals surface area contributed by atoms with Gasteiger partial charge < -0.3 is 4.42 Å². The van der Waals surface area contributed by atoms with Crippen molar-refractivity contribution in [1.82, 2.24) is 4.98 Å². The Balaban J connectivity index is 2.13. The van der Waals surface area contributed by atoms with E-state index in [4.69, 9.17) is 4.42 Å². The number of pyridine rings is 1. The van der Waals surface area contributed by atoms with E-state index in [1.54, 1.807) is 6.20 Å². The molecule has 4 rings (SSSR count). The van der Waals surface area contributed by atoms with Gasteiger partial charge in [-0.15, -0.1) is 0 Å². The lowest BCUT2D eigenvalue weighted by molar-refractivity contribution is 0.669. The summed E-state index contributed by atoms with van der Waals surface area (Å²) in [5, 5.41) is 2.23. The van der Waals surface area contributed by atoms with Gasteiger partial charge in [0.25, 0.3) is 0 Å². The number of rotatable bonds is 1. The standard InChI is InChI=1S/C17H10NO/c1-2-10-16-12(6-1)13-7-5-8-14(17(13)19-16)15-9-3-4-11-18-15/h1,3-11H. The first kappa shape index (κ1) is 10.3. The molecule has 0 unspecified atom stereocenters. The number of fused-ring (bicyclic) bond motifs is 3. The molecular formula is C17H10NO. The van der Waals surface area contributed by atoms with Crippen molar-refractivity contribution < 1.29 is 4.42 Å². The molecule has 1 radical (unpaired) electrons. The fraction of sp³-hybridized carbons (Fsp3) is 0. The maximum absolute atomic E-state index is 5.97. The van der Waals surface area contributed by atoms with E-state index in [-0.39, 0.29) is 0 Å². The third-order valence-corrected chi connectivity index (χ3v) is 3.28. The molecule has 4 aromatic rings. The molecule has 19 heavy (non-hydrogen) atoms. The van der Waals surface area contributed by atoms with Gasteiger partial charge in [0, 0.05) is 22.5 Å². The summed E-state index contributed by atoms with van der Waals surface area (Å²) in [6, 6.07) is 20.9. The van der Waals surface area contributed by atoms with Crippen LogP contribution in [0.3, 0.4) is 0 Å². The number of hydrogen-bond acceptors (Lipinski definition) is 2. The first-order chi connectivity index (χ1) is 9.43. The Morgan fingerprint density at radius 1 is 0.947 bits per heavy atom. The van der Waals surface area contributed by atoms with Crippen molar-refractivity contribution in [2.24, 2.45) is 0 Å². The summed E-state index contributed by atoms with van der Waals surface area (Å²) in [5.74, 6) is 0. The molecule has 0 aliphatic carbocycles. The molecule has 0 saturated carbocycles. The first-order valence-electron chi connectivity index (χ1n) is 6.16. The number of nitrogens with zero attached hydrogens (tertiary/aromatic N) is 1. The minimum absolute atomic E-state index is 0.862. The van der Waals surface area contributed by atoms with Crippen LogP contribution in [0.15, 0.2) is 65.2 Å². The van der Waals surface area contributed by atoms with Crippen LogP contribution in [-0.2, 0) is 0 Å². The zero-order chi connectivity index (χ0) is 12.7. The second-order valence-electron chi connectivity index (χ2n) is 4.42. The molecule has 89 valence electrons. The van der Waals surface area contributed by atoms with E-state index in [2.05, 4.69) is 17.1 Å². The van der Waals surface area contributed by atoms with Gasteiger partial charge >= 0.3 is 0 Å². The number of hydrogen-bond donors (Lipinski definition) is 0. The highest BCUT2D eigenvalue weighted by Gasteiger charge is 2.11. The average molecular weight is 244 g/mol. The lowest BCUT2D eigenvalue weighted by Crippen LogP contribution is -1.81. The second kappa shape index (κ2) is 3.95. The van der Waals surface area contributed by atoms with Crippen LogP contribution in [0.2, 0.25) is 0 Å². The van der Waals surface area contributed by atoms with Gasteiger partial charge in [-0.25, -0.2) is 0 Å². The Hall–Kier alpha value is -2.61. The minimum Gasteiger partial charge on any atom is -0.455 e. The maximum Gasteiger partial charge on any atom is 0.144 e. The predicted octanol–water partition coefficient (Wildman–Crippen LogP) is 4.45. The Labute approximate surface area is 110 Å². The summed E-state index contributed by atoms with van der Waals surface area (Å²) in [4.78, 5) is 4.40. The van der Waals surface area contributed by atoms with Crippen LogP contribution < -0.4 is 0 Å². The molecule has 0 N–H and O–H groups in total. The molecule has 2 heteroatoms. The largest absolute Gasteiger partial charge is 0.455 e. The Morgan fingerprint density at radius 3 is 2.84 bits per heavy atom. The normalized spacial score (nSPS) is 11.2. The second-order valence-corrected chi connectivity index (χ2v) is 4.42. The van der Waals surface area contributed by atoms with E-state index < -0.39 is 0 Å². The lowest BCUT2D eigenvalue weighted by atomic mass is 10.1. The van der Waals surface area contributed by atoms with Crippen LogP contribution >= 0.6 is 0 Å². The van der Waals surface area contributed by atoms with Crippen LogP contribution in [0.1, 0.15) is 0 Å². The van der Waals surface area contributed by atoms with Gasteiger partial charge in [0.15, 0.2) is 0 Å². The van der Waals surface area contributed by atoms with E-state index in [0.717, 1.165) is 33.2 Å². The summed E-state index contributed by atoms with van der Waals surface area (Å²) in [7, 11) is 0. The number of aromatic nitrogens is 1. The van der Waals surface area contributed by atoms with Crippen LogP contribution in [0.5, 0.6) is 0 Å². The van der Waals surface area contributed by atoms with Gasteiger partial charge in [0.05, 0.1) is 5.69 Å². The summed E-state index contributed by atoms with van der Waals surface area (Å²) in [6.45, 7) is 0. The van der Waals surface area contributed by atoms with Crippen molar-refractivity contribution in [1.29, 1.82) is 0 Å². The highest BCUT2D eigenvalue weighted by atomic mass is 16.3. The third kappa shape index (κ3) is 1.54. The molecule has 0 spiro atoms. The first-order valence-corrected chi connectivity index (χ1v) is 6.16. The zero-order valence-electron chi connectivity index (χ0n) is 10.1. The summed E-state index contributed by atoms with van der Waals surface area (Å²) in [6.07, 6.45) is 1.80.